The maximum Gasteiger partial charge on any atom is 0.328 e. The van der Waals surface area contributed by atoms with E-state index in [2.05, 4.69) is 20.3 Å². The Kier molecular flexibility index (Phi) is 4.88. The van der Waals surface area contributed by atoms with Crippen molar-refractivity contribution >= 4 is 5.91 Å². The molecule has 4 heterocycles. The van der Waals surface area contributed by atoms with Gasteiger partial charge in [0.25, 0.3) is 5.91 Å². The Morgan fingerprint density at radius 1 is 1.23 bits per heavy atom. The largest absolute Gasteiger partial charge is 0.463 e. The minimum absolute atomic E-state index is 0.00843. The van der Waals surface area contributed by atoms with Crippen LogP contribution in [0, 0.1) is 19.8 Å². The second kappa shape index (κ2) is 7.72. The highest BCUT2D eigenvalue weighted by Crippen LogP contribution is 2.43. The van der Waals surface area contributed by atoms with Crippen LogP contribution in [0.5, 0.6) is 6.01 Å². The SMILES string of the molecule is Cc1cc(C)nc(OCC2CC3CCC2N3C(=O)c2ccccc2-c2n[n+](C)no2)n1. The van der Waals surface area contributed by atoms with Crippen molar-refractivity contribution in [3.05, 3.63) is 47.3 Å². The predicted octanol–water partition coefficient (Wildman–Crippen LogP) is 2.04. The number of ether oxygens (including phenoxy) is 1. The summed E-state index contributed by atoms with van der Waals surface area (Å²) in [7, 11) is 1.68. The third-order valence-corrected chi connectivity index (χ3v) is 6.16. The monoisotopic (exact) mass is 421 g/mol. The molecule has 0 aliphatic carbocycles. The molecule has 2 fully saturated rings. The van der Waals surface area contributed by atoms with Crippen LogP contribution in [-0.4, -0.2) is 49.8 Å². The molecule has 3 atom stereocenters. The summed E-state index contributed by atoms with van der Waals surface area (Å²) in [4.78, 5) is 25.7. The van der Waals surface area contributed by atoms with E-state index in [1.807, 2.05) is 49.1 Å². The Morgan fingerprint density at radius 2 is 2.00 bits per heavy atom. The number of fused-ring (bicyclic) bond motifs is 2. The number of nitrogens with zero attached hydrogens (tertiary/aromatic N) is 6. The second-order valence-corrected chi connectivity index (χ2v) is 8.36. The van der Waals surface area contributed by atoms with Crippen molar-refractivity contribution < 1.29 is 18.9 Å². The normalized spacial score (nSPS) is 22.2. The van der Waals surface area contributed by atoms with Crippen LogP contribution in [-0.2, 0) is 7.05 Å². The molecule has 160 valence electrons. The Labute approximate surface area is 180 Å². The highest BCUT2D eigenvalue weighted by Gasteiger charge is 2.49. The fourth-order valence-corrected chi connectivity index (χ4v) is 4.91. The molecule has 2 aliphatic heterocycles. The molecule has 2 saturated heterocycles. The summed E-state index contributed by atoms with van der Waals surface area (Å²) in [6.45, 7) is 4.37. The predicted molar refractivity (Wildman–Crippen MR) is 109 cm³/mol. The lowest BCUT2D eigenvalue weighted by atomic mass is 9.90. The molecule has 2 aliphatic rings. The summed E-state index contributed by atoms with van der Waals surface area (Å²) >= 11 is 0. The van der Waals surface area contributed by atoms with Crippen molar-refractivity contribution in [1.29, 1.82) is 0 Å². The summed E-state index contributed by atoms with van der Waals surface area (Å²) in [6, 6.07) is 10.1. The highest BCUT2D eigenvalue weighted by molar-refractivity contribution is 6.00. The molecule has 9 heteroatoms. The average molecular weight is 421 g/mol. The first kappa shape index (κ1) is 19.6. The quantitative estimate of drug-likeness (QED) is 0.582. The zero-order valence-corrected chi connectivity index (χ0v) is 17.9. The molecule has 1 amide bonds. The fourth-order valence-electron chi connectivity index (χ4n) is 4.91. The lowest BCUT2D eigenvalue weighted by Crippen LogP contribution is -2.37. The number of carbonyl (C=O) groups excluding carboxylic acids is 1. The Morgan fingerprint density at radius 3 is 2.74 bits per heavy atom. The molecule has 3 unspecified atom stereocenters. The molecule has 0 radical (unpaired) electrons. The van der Waals surface area contributed by atoms with Crippen LogP contribution in [0.25, 0.3) is 11.5 Å². The maximum absolute atomic E-state index is 13.6. The van der Waals surface area contributed by atoms with Gasteiger partial charge in [0, 0.05) is 29.4 Å². The average Bonchev–Trinajstić information content (AvgIpc) is 3.45. The number of carbonyl (C=O) groups is 1. The van der Waals surface area contributed by atoms with Gasteiger partial charge in [0.2, 0.25) is 5.27 Å². The molecule has 2 bridgehead atoms. The van der Waals surface area contributed by atoms with Gasteiger partial charge in [-0.3, -0.25) is 9.32 Å². The van der Waals surface area contributed by atoms with Crippen LogP contribution in [0.4, 0.5) is 0 Å². The van der Waals surface area contributed by atoms with E-state index in [1.165, 1.54) is 4.80 Å². The van der Waals surface area contributed by atoms with Gasteiger partial charge in [-0.15, -0.1) is 0 Å². The smallest absolute Gasteiger partial charge is 0.328 e. The minimum atomic E-state index is 0.00843. The topological polar surface area (TPSA) is 98.1 Å². The molecule has 9 nitrogen and oxygen atoms in total. The second-order valence-electron chi connectivity index (χ2n) is 8.36. The van der Waals surface area contributed by atoms with Crippen molar-refractivity contribution in [2.75, 3.05) is 6.61 Å². The first-order chi connectivity index (χ1) is 15.0. The standard InChI is InChI=1S/C22H25N6O3/c1-13-10-14(2)24-22(23-13)30-12-15-11-16-8-9-19(15)28(16)21(29)18-7-5-4-6-17(18)20-25-27(3)26-31-20/h4-7,10,15-16,19H,8-9,11-12H2,1-3H3/q+1. The molecule has 31 heavy (non-hydrogen) atoms. The Balaban J connectivity index is 1.34. The highest BCUT2D eigenvalue weighted by atomic mass is 16.5. The Hall–Kier alpha value is -3.36. The van der Waals surface area contributed by atoms with E-state index in [0.717, 1.165) is 30.7 Å². The summed E-state index contributed by atoms with van der Waals surface area (Å²) in [6.07, 6.45) is 2.93. The third-order valence-electron chi connectivity index (χ3n) is 6.16. The molecule has 5 rings (SSSR count). The van der Waals surface area contributed by atoms with E-state index in [1.54, 1.807) is 7.05 Å². The van der Waals surface area contributed by atoms with E-state index < -0.39 is 0 Å². The van der Waals surface area contributed by atoms with Gasteiger partial charge >= 0.3 is 11.9 Å². The summed E-state index contributed by atoms with van der Waals surface area (Å²) in [5.74, 6) is 0.611. The summed E-state index contributed by atoms with van der Waals surface area (Å²) in [5, 5.41) is 8.02. The van der Waals surface area contributed by atoms with Crippen LogP contribution >= 0.6 is 0 Å². The van der Waals surface area contributed by atoms with E-state index in [4.69, 9.17) is 9.26 Å². The lowest BCUT2D eigenvalue weighted by molar-refractivity contribution is -0.791. The number of benzene rings is 1. The molecule has 0 N–H and O–H groups in total. The van der Waals surface area contributed by atoms with Crippen LogP contribution in [0.2, 0.25) is 0 Å². The van der Waals surface area contributed by atoms with Crippen molar-refractivity contribution in [2.24, 2.45) is 13.0 Å². The van der Waals surface area contributed by atoms with Gasteiger partial charge in [-0.05, 0) is 51.3 Å². The fraction of sp³-hybridized carbons (Fsp3) is 0.455. The number of hydrogen-bond donors (Lipinski definition) is 0. The molecule has 0 spiro atoms. The Bertz CT molecular complexity index is 1110. The van der Waals surface area contributed by atoms with Gasteiger partial charge in [0.05, 0.1) is 27.6 Å². The minimum Gasteiger partial charge on any atom is -0.463 e. The van der Waals surface area contributed by atoms with Gasteiger partial charge in [-0.1, -0.05) is 12.1 Å². The van der Waals surface area contributed by atoms with E-state index in [0.29, 0.717) is 29.6 Å². The summed E-state index contributed by atoms with van der Waals surface area (Å²) in [5.41, 5.74) is 3.02. The molecule has 0 saturated carbocycles. The molecule has 2 aromatic heterocycles. The number of amides is 1. The van der Waals surface area contributed by atoms with Gasteiger partial charge in [-0.2, -0.15) is 0 Å². The maximum atomic E-state index is 13.6. The van der Waals surface area contributed by atoms with Crippen molar-refractivity contribution in [3.8, 4) is 17.5 Å². The number of hydrogen-bond acceptors (Lipinski definition) is 7. The molecular weight excluding hydrogens is 396 g/mol. The van der Waals surface area contributed by atoms with Crippen LogP contribution < -0.4 is 9.53 Å². The van der Waals surface area contributed by atoms with E-state index in [-0.39, 0.29) is 23.9 Å². The van der Waals surface area contributed by atoms with Crippen LogP contribution in [0.1, 0.15) is 41.0 Å². The zero-order valence-electron chi connectivity index (χ0n) is 17.9. The first-order valence-corrected chi connectivity index (χ1v) is 10.6. The van der Waals surface area contributed by atoms with E-state index in [9.17, 15) is 4.79 Å². The molecule has 3 aromatic rings. The number of rotatable bonds is 5. The first-order valence-electron chi connectivity index (χ1n) is 10.6. The number of aromatic nitrogens is 5. The third kappa shape index (κ3) is 3.64. The number of aryl methyl sites for hydroxylation is 3. The van der Waals surface area contributed by atoms with Crippen molar-refractivity contribution in [1.82, 2.24) is 25.2 Å². The zero-order chi connectivity index (χ0) is 21.5. The lowest BCUT2D eigenvalue weighted by Gasteiger charge is -2.25. The van der Waals surface area contributed by atoms with Gasteiger partial charge in [0.15, 0.2) is 7.05 Å². The van der Waals surface area contributed by atoms with Gasteiger partial charge < -0.3 is 9.64 Å². The van der Waals surface area contributed by atoms with Crippen LogP contribution in [0.15, 0.2) is 34.9 Å². The summed E-state index contributed by atoms with van der Waals surface area (Å²) < 4.78 is 11.2. The van der Waals surface area contributed by atoms with Gasteiger partial charge in [-0.25, -0.2) is 9.97 Å². The van der Waals surface area contributed by atoms with Gasteiger partial charge in [0.1, 0.15) is 0 Å². The van der Waals surface area contributed by atoms with E-state index >= 15 is 0 Å². The van der Waals surface area contributed by atoms with Crippen LogP contribution in [0.3, 0.4) is 0 Å². The molecule has 1 aromatic carbocycles. The molecular formula is C22H25N6O3+. The van der Waals surface area contributed by atoms with Crippen molar-refractivity contribution in [2.45, 2.75) is 45.2 Å². The van der Waals surface area contributed by atoms with Crippen molar-refractivity contribution in [3.63, 3.8) is 0 Å².